The molecule has 3 aromatic rings. The summed E-state index contributed by atoms with van der Waals surface area (Å²) in [7, 11) is 0. The molecule has 3 aromatic carbocycles. The molecular formula is C34H35NO8. The lowest BCUT2D eigenvalue weighted by atomic mass is 10.1. The number of hydrogen-bond acceptors (Lipinski definition) is 9. The summed E-state index contributed by atoms with van der Waals surface area (Å²) in [5, 5.41) is 7.63. The Hall–Kier alpha value is -5.18. The van der Waals surface area contributed by atoms with Crippen LogP contribution in [-0.4, -0.2) is 49.7 Å². The minimum atomic E-state index is -0.753. The van der Waals surface area contributed by atoms with Gasteiger partial charge in [-0.3, -0.25) is 5.41 Å². The molecule has 0 bridgehead atoms. The summed E-state index contributed by atoms with van der Waals surface area (Å²) >= 11 is 0. The number of carbonyl (C=O) groups is 3. The Morgan fingerprint density at radius 2 is 1.33 bits per heavy atom. The maximum atomic E-state index is 12.6. The zero-order valence-corrected chi connectivity index (χ0v) is 24.1. The van der Waals surface area contributed by atoms with Crippen molar-refractivity contribution in [3.05, 3.63) is 120 Å². The highest BCUT2D eigenvalue weighted by Gasteiger charge is 2.16. The van der Waals surface area contributed by atoms with Crippen LogP contribution in [0.4, 0.5) is 0 Å². The van der Waals surface area contributed by atoms with E-state index in [-0.39, 0.29) is 31.7 Å². The Morgan fingerprint density at radius 3 is 1.95 bits per heavy atom. The number of hydrogen-bond donors (Lipinski definition) is 1. The first-order chi connectivity index (χ1) is 20.8. The van der Waals surface area contributed by atoms with Crippen LogP contribution in [0.5, 0.6) is 11.5 Å². The van der Waals surface area contributed by atoms with Gasteiger partial charge in [-0.05, 0) is 72.2 Å². The normalized spacial score (nSPS) is 11.0. The van der Waals surface area contributed by atoms with E-state index in [0.717, 1.165) is 24.5 Å². The van der Waals surface area contributed by atoms with Crippen LogP contribution in [0.3, 0.4) is 0 Å². The van der Waals surface area contributed by atoms with Crippen LogP contribution in [0, 0.1) is 5.41 Å². The molecule has 9 nitrogen and oxygen atoms in total. The van der Waals surface area contributed by atoms with E-state index in [9.17, 15) is 14.4 Å². The molecule has 1 unspecified atom stereocenters. The molecule has 1 N–H and O–H groups in total. The molecule has 0 heterocycles. The fourth-order valence-corrected chi connectivity index (χ4v) is 3.79. The monoisotopic (exact) mass is 585 g/mol. The standard InChI is InChI=1S/C34H35NO8/c1-4-7-24-8-12-26(13-9-24)33(37)39-21-20-25-10-16-29(17-11-25)43-34(38)27-14-18-28(19-15-27)40-22-30(42-31(35)5-2)23-41-32(36)6-3/h5-6,8-19,30,35H,2-4,7,20-23H2,1H3. The second-order valence-corrected chi connectivity index (χ2v) is 9.34. The Labute approximate surface area is 251 Å². The van der Waals surface area contributed by atoms with E-state index in [1.807, 2.05) is 24.3 Å². The quantitative estimate of drug-likeness (QED) is 0.0724. The molecule has 0 spiro atoms. The van der Waals surface area contributed by atoms with Gasteiger partial charge in [-0.25, -0.2) is 14.4 Å². The molecule has 0 amide bonds. The van der Waals surface area contributed by atoms with Crippen LogP contribution < -0.4 is 9.47 Å². The summed E-state index contributed by atoms with van der Waals surface area (Å²) in [6.07, 6.45) is 4.03. The van der Waals surface area contributed by atoms with Gasteiger partial charge in [0.1, 0.15) is 24.7 Å². The van der Waals surface area contributed by atoms with Gasteiger partial charge in [0.25, 0.3) is 0 Å². The average Bonchev–Trinajstić information content (AvgIpc) is 3.03. The molecule has 0 aromatic heterocycles. The molecule has 0 saturated carbocycles. The minimum absolute atomic E-state index is 0.0257. The molecule has 224 valence electrons. The van der Waals surface area contributed by atoms with Crippen molar-refractivity contribution in [2.75, 3.05) is 19.8 Å². The van der Waals surface area contributed by atoms with E-state index in [1.54, 1.807) is 48.5 Å². The van der Waals surface area contributed by atoms with Crippen LogP contribution >= 0.6 is 0 Å². The van der Waals surface area contributed by atoms with Crippen LogP contribution in [0.1, 0.15) is 45.2 Å². The van der Waals surface area contributed by atoms with Crippen LogP contribution in [0.2, 0.25) is 0 Å². The topological polar surface area (TPSA) is 121 Å². The summed E-state index contributed by atoms with van der Waals surface area (Å²) in [4.78, 5) is 36.3. The first-order valence-electron chi connectivity index (χ1n) is 13.8. The third-order valence-corrected chi connectivity index (χ3v) is 6.07. The molecule has 1 atom stereocenters. The molecule has 3 rings (SSSR count). The number of nitrogens with one attached hydrogen (secondary N) is 1. The fraction of sp³-hybridized carbons (Fsp3) is 0.235. The minimum Gasteiger partial charge on any atom is -0.490 e. The van der Waals surface area contributed by atoms with E-state index in [1.165, 1.54) is 11.6 Å². The van der Waals surface area contributed by atoms with Crippen molar-refractivity contribution >= 4 is 23.8 Å². The molecule has 0 radical (unpaired) electrons. The van der Waals surface area contributed by atoms with Gasteiger partial charge in [-0.1, -0.05) is 50.8 Å². The van der Waals surface area contributed by atoms with Gasteiger partial charge in [0.2, 0.25) is 5.90 Å². The van der Waals surface area contributed by atoms with Gasteiger partial charge in [0.05, 0.1) is 17.7 Å². The van der Waals surface area contributed by atoms with Crippen LogP contribution in [0.25, 0.3) is 0 Å². The molecular weight excluding hydrogens is 550 g/mol. The largest absolute Gasteiger partial charge is 0.490 e. The molecule has 0 aliphatic rings. The highest BCUT2D eigenvalue weighted by Crippen LogP contribution is 2.18. The Bertz CT molecular complexity index is 1400. The molecule has 0 saturated heterocycles. The molecule has 0 fully saturated rings. The number of esters is 3. The van der Waals surface area contributed by atoms with E-state index < -0.39 is 18.0 Å². The van der Waals surface area contributed by atoms with Gasteiger partial charge in [-0.2, -0.15) is 0 Å². The number of aryl methyl sites for hydroxylation is 1. The van der Waals surface area contributed by atoms with Gasteiger partial charge in [0.15, 0.2) is 6.10 Å². The van der Waals surface area contributed by atoms with Crippen LogP contribution in [-0.2, 0) is 31.8 Å². The molecule has 43 heavy (non-hydrogen) atoms. The van der Waals surface area contributed by atoms with Crippen molar-refractivity contribution < 1.29 is 38.1 Å². The van der Waals surface area contributed by atoms with Gasteiger partial charge < -0.3 is 23.7 Å². The smallest absolute Gasteiger partial charge is 0.343 e. The maximum absolute atomic E-state index is 12.6. The number of carbonyl (C=O) groups excluding carboxylic acids is 3. The average molecular weight is 586 g/mol. The summed E-state index contributed by atoms with van der Waals surface area (Å²) in [5.74, 6) is -0.917. The van der Waals surface area contributed by atoms with E-state index in [2.05, 4.69) is 20.1 Å². The lowest BCUT2D eigenvalue weighted by Crippen LogP contribution is -2.30. The van der Waals surface area contributed by atoms with Crippen molar-refractivity contribution in [3.8, 4) is 11.5 Å². The first-order valence-corrected chi connectivity index (χ1v) is 13.8. The Balaban J connectivity index is 1.45. The Morgan fingerprint density at radius 1 is 0.744 bits per heavy atom. The summed E-state index contributed by atoms with van der Waals surface area (Å²) < 4.78 is 26.9. The summed E-state index contributed by atoms with van der Waals surface area (Å²) in [5.41, 5.74) is 2.95. The number of ether oxygens (including phenoxy) is 5. The van der Waals surface area contributed by atoms with Crippen molar-refractivity contribution in [2.45, 2.75) is 32.3 Å². The lowest BCUT2D eigenvalue weighted by Gasteiger charge is -2.18. The van der Waals surface area contributed by atoms with E-state index in [0.29, 0.717) is 29.0 Å². The van der Waals surface area contributed by atoms with Gasteiger partial charge in [0, 0.05) is 12.5 Å². The first kappa shape index (κ1) is 32.3. The molecule has 0 aliphatic heterocycles. The number of rotatable bonds is 16. The molecule has 9 heteroatoms. The van der Waals surface area contributed by atoms with E-state index >= 15 is 0 Å². The summed E-state index contributed by atoms with van der Waals surface area (Å²) in [6.45, 7) is 8.96. The maximum Gasteiger partial charge on any atom is 0.343 e. The third-order valence-electron chi connectivity index (χ3n) is 6.07. The molecule has 0 aliphatic carbocycles. The van der Waals surface area contributed by atoms with Crippen molar-refractivity contribution in [1.29, 1.82) is 5.41 Å². The highest BCUT2D eigenvalue weighted by molar-refractivity contribution is 5.91. The third kappa shape index (κ3) is 11.0. The highest BCUT2D eigenvalue weighted by atomic mass is 16.6. The van der Waals surface area contributed by atoms with E-state index in [4.69, 9.17) is 29.1 Å². The second-order valence-electron chi connectivity index (χ2n) is 9.34. The predicted octanol–water partition coefficient (Wildman–Crippen LogP) is 5.91. The van der Waals surface area contributed by atoms with Crippen molar-refractivity contribution in [3.63, 3.8) is 0 Å². The predicted molar refractivity (Wildman–Crippen MR) is 162 cm³/mol. The lowest BCUT2D eigenvalue weighted by molar-refractivity contribution is -0.140. The SMILES string of the molecule is C=CC(=N)OC(COC(=O)C=C)COc1ccc(C(=O)Oc2ccc(CCOC(=O)c3ccc(CCC)cc3)cc2)cc1. The van der Waals surface area contributed by atoms with Gasteiger partial charge in [-0.15, -0.1) is 0 Å². The summed E-state index contributed by atoms with van der Waals surface area (Å²) in [6, 6.07) is 20.7. The Kier molecular flexibility index (Phi) is 12.7. The zero-order chi connectivity index (χ0) is 31.0. The van der Waals surface area contributed by atoms with Crippen LogP contribution in [0.15, 0.2) is 98.1 Å². The fourth-order valence-electron chi connectivity index (χ4n) is 3.79. The second kappa shape index (κ2) is 16.9. The van der Waals surface area contributed by atoms with Crippen molar-refractivity contribution in [1.82, 2.24) is 0 Å². The zero-order valence-electron chi connectivity index (χ0n) is 24.1. The van der Waals surface area contributed by atoms with Crippen molar-refractivity contribution in [2.24, 2.45) is 0 Å². The number of benzene rings is 3. The van der Waals surface area contributed by atoms with Gasteiger partial charge >= 0.3 is 17.9 Å².